The molecule has 0 fully saturated rings. The molecule has 1 N–H and O–H groups in total. The number of H-pyrrole nitrogens is 1. The van der Waals surface area contributed by atoms with Gasteiger partial charge in [0.1, 0.15) is 10.7 Å². The molecule has 1 aromatic heterocycles. The maximum absolute atomic E-state index is 14.0. The molecule has 0 saturated heterocycles. The van der Waals surface area contributed by atoms with Crippen molar-refractivity contribution in [3.63, 3.8) is 0 Å². The zero-order valence-electron chi connectivity index (χ0n) is 10.9. The van der Waals surface area contributed by atoms with Gasteiger partial charge in [0.15, 0.2) is 5.82 Å². The number of nitro groups is 1. The van der Waals surface area contributed by atoms with Crippen molar-refractivity contribution in [2.45, 2.75) is 25.7 Å². The molecule has 0 saturated carbocycles. The van der Waals surface area contributed by atoms with Crippen LogP contribution in [0.4, 0.5) is 10.1 Å². The fraction of sp³-hybridized carbons (Fsp3) is 0.308. The predicted molar refractivity (Wildman–Crippen MR) is 74.7 cm³/mol. The maximum Gasteiger partial charge on any atom is 0.290 e. The van der Waals surface area contributed by atoms with Gasteiger partial charge in [-0.15, -0.1) is 0 Å². The number of benzene rings is 1. The molecule has 0 radical (unpaired) electrons. The van der Waals surface area contributed by atoms with Gasteiger partial charge in [0.05, 0.1) is 4.92 Å². The molecule has 1 aliphatic rings. The Morgan fingerprint density at radius 1 is 1.33 bits per heavy atom. The second-order valence-electron chi connectivity index (χ2n) is 4.93. The number of aromatic amines is 1. The first-order valence-electron chi connectivity index (χ1n) is 6.45. The van der Waals surface area contributed by atoms with E-state index in [9.17, 15) is 19.3 Å². The summed E-state index contributed by atoms with van der Waals surface area (Å²) in [6.07, 6.45) is 3.21. The average Bonchev–Trinajstić information content (AvgIpc) is 2.76. The van der Waals surface area contributed by atoms with Gasteiger partial charge >= 0.3 is 0 Å². The van der Waals surface area contributed by atoms with E-state index in [1.54, 1.807) is 0 Å². The van der Waals surface area contributed by atoms with E-state index in [0.29, 0.717) is 12.0 Å². The highest BCUT2D eigenvalue weighted by Gasteiger charge is 2.23. The molecule has 6 nitrogen and oxygen atoms in total. The van der Waals surface area contributed by atoms with Crippen LogP contribution in [-0.2, 0) is 12.8 Å². The van der Waals surface area contributed by atoms with Crippen LogP contribution in [0, 0.1) is 15.9 Å². The minimum Gasteiger partial charge on any atom is -0.295 e. The number of hydrogen-bond donors (Lipinski definition) is 1. The van der Waals surface area contributed by atoms with Crippen molar-refractivity contribution in [1.82, 2.24) is 9.78 Å². The molecule has 2 aromatic rings. The Morgan fingerprint density at radius 2 is 2.05 bits per heavy atom. The lowest BCUT2D eigenvalue weighted by Crippen LogP contribution is -2.19. The molecule has 0 spiro atoms. The van der Waals surface area contributed by atoms with Crippen LogP contribution in [0.5, 0.6) is 0 Å². The minimum absolute atomic E-state index is 0.189. The van der Waals surface area contributed by atoms with E-state index >= 15 is 0 Å². The van der Waals surface area contributed by atoms with Crippen molar-refractivity contribution in [3.8, 4) is 5.69 Å². The number of nitrogens with one attached hydrogen (secondary N) is 1. The van der Waals surface area contributed by atoms with Crippen LogP contribution in [-0.4, -0.2) is 14.7 Å². The summed E-state index contributed by atoms with van der Waals surface area (Å²) in [6.45, 7) is 0. The van der Waals surface area contributed by atoms with Crippen molar-refractivity contribution >= 4 is 17.3 Å². The lowest BCUT2D eigenvalue weighted by Gasteiger charge is -2.07. The summed E-state index contributed by atoms with van der Waals surface area (Å²) in [7, 11) is 0. The monoisotopic (exact) mass is 311 g/mol. The number of fused-ring (bicyclic) bond motifs is 1. The average molecular weight is 312 g/mol. The van der Waals surface area contributed by atoms with Gasteiger partial charge in [-0.1, -0.05) is 11.6 Å². The SMILES string of the molecule is O=c1c2c([nH]n1-c1cc([N+](=O)[O-])c(Cl)cc1F)CCCC2. The van der Waals surface area contributed by atoms with Crippen LogP contribution in [0.25, 0.3) is 5.69 Å². The zero-order chi connectivity index (χ0) is 15.1. The fourth-order valence-electron chi connectivity index (χ4n) is 2.59. The molecule has 0 amide bonds. The quantitative estimate of drug-likeness (QED) is 0.684. The summed E-state index contributed by atoms with van der Waals surface area (Å²) < 4.78 is 15.1. The molecule has 0 bridgehead atoms. The molecule has 0 unspecified atom stereocenters. The number of halogens is 2. The molecule has 0 aliphatic heterocycles. The first kappa shape index (κ1) is 13.8. The number of nitro benzene ring substituents is 1. The second kappa shape index (κ2) is 5.00. The van der Waals surface area contributed by atoms with Gasteiger partial charge in [-0.2, -0.15) is 0 Å². The summed E-state index contributed by atoms with van der Waals surface area (Å²) in [4.78, 5) is 22.5. The maximum atomic E-state index is 14.0. The lowest BCUT2D eigenvalue weighted by molar-refractivity contribution is -0.384. The normalized spacial score (nSPS) is 14.0. The lowest BCUT2D eigenvalue weighted by atomic mass is 9.98. The van der Waals surface area contributed by atoms with Crippen LogP contribution < -0.4 is 5.56 Å². The molecule has 8 heteroatoms. The van der Waals surface area contributed by atoms with Gasteiger partial charge in [0.2, 0.25) is 0 Å². The van der Waals surface area contributed by atoms with E-state index in [0.717, 1.165) is 41.8 Å². The number of rotatable bonds is 2. The number of aryl methyl sites for hydroxylation is 1. The van der Waals surface area contributed by atoms with Crippen molar-refractivity contribution < 1.29 is 9.31 Å². The Balaban J connectivity index is 2.21. The van der Waals surface area contributed by atoms with Gasteiger partial charge in [0.25, 0.3) is 11.2 Å². The van der Waals surface area contributed by atoms with Crippen LogP contribution in [0.1, 0.15) is 24.1 Å². The van der Waals surface area contributed by atoms with Crippen molar-refractivity contribution in [3.05, 3.63) is 54.7 Å². The Morgan fingerprint density at radius 3 is 2.71 bits per heavy atom. The zero-order valence-corrected chi connectivity index (χ0v) is 11.6. The number of hydrogen-bond acceptors (Lipinski definition) is 3. The molecule has 21 heavy (non-hydrogen) atoms. The van der Waals surface area contributed by atoms with Crippen molar-refractivity contribution in [2.24, 2.45) is 0 Å². The van der Waals surface area contributed by atoms with Gasteiger partial charge in [-0.25, -0.2) is 9.07 Å². The highest BCUT2D eigenvalue weighted by molar-refractivity contribution is 6.32. The van der Waals surface area contributed by atoms with E-state index in [-0.39, 0.29) is 16.3 Å². The summed E-state index contributed by atoms with van der Waals surface area (Å²) in [5.41, 5.74) is 0.403. The number of nitrogens with zero attached hydrogens (tertiary/aromatic N) is 2. The van der Waals surface area contributed by atoms with Crippen LogP contribution in [0.2, 0.25) is 5.02 Å². The largest absolute Gasteiger partial charge is 0.295 e. The van der Waals surface area contributed by atoms with Gasteiger partial charge in [0, 0.05) is 23.4 Å². The van der Waals surface area contributed by atoms with Gasteiger partial charge < -0.3 is 0 Å². The van der Waals surface area contributed by atoms with Crippen LogP contribution >= 0.6 is 11.6 Å². The Bertz CT molecular complexity index is 797. The molecule has 1 aliphatic carbocycles. The fourth-order valence-corrected chi connectivity index (χ4v) is 2.81. The van der Waals surface area contributed by atoms with Crippen LogP contribution in [0.15, 0.2) is 16.9 Å². The highest BCUT2D eigenvalue weighted by Crippen LogP contribution is 2.29. The van der Waals surface area contributed by atoms with E-state index in [1.165, 1.54) is 0 Å². The first-order valence-corrected chi connectivity index (χ1v) is 6.83. The predicted octanol–water partition coefficient (Wildman–Crippen LogP) is 2.75. The molecule has 1 heterocycles. The molecular weight excluding hydrogens is 301 g/mol. The highest BCUT2D eigenvalue weighted by atomic mass is 35.5. The Labute approximate surface area is 123 Å². The summed E-state index contributed by atoms with van der Waals surface area (Å²) in [5.74, 6) is -0.786. The van der Waals surface area contributed by atoms with E-state index in [4.69, 9.17) is 11.6 Å². The first-order chi connectivity index (χ1) is 9.99. The topological polar surface area (TPSA) is 80.9 Å². The minimum atomic E-state index is -0.786. The van der Waals surface area contributed by atoms with Crippen molar-refractivity contribution in [1.29, 1.82) is 0 Å². The Hall–Kier alpha value is -2.15. The summed E-state index contributed by atoms with van der Waals surface area (Å²) >= 11 is 5.65. The molecular formula is C13H11ClFN3O3. The smallest absolute Gasteiger partial charge is 0.290 e. The molecule has 3 rings (SSSR count). The molecule has 1 aromatic carbocycles. The van der Waals surface area contributed by atoms with E-state index in [2.05, 4.69) is 5.10 Å². The summed E-state index contributed by atoms with van der Waals surface area (Å²) in [5, 5.41) is 13.4. The van der Waals surface area contributed by atoms with Gasteiger partial charge in [-0.05, 0) is 25.7 Å². The third kappa shape index (κ3) is 2.23. The third-order valence-electron chi connectivity index (χ3n) is 3.63. The second-order valence-corrected chi connectivity index (χ2v) is 5.34. The molecule has 110 valence electrons. The van der Waals surface area contributed by atoms with Gasteiger partial charge in [-0.3, -0.25) is 20.0 Å². The summed E-state index contributed by atoms with van der Waals surface area (Å²) in [6, 6.07) is 1.82. The number of aromatic nitrogens is 2. The third-order valence-corrected chi connectivity index (χ3v) is 3.93. The van der Waals surface area contributed by atoms with E-state index in [1.807, 2.05) is 0 Å². The Kier molecular flexibility index (Phi) is 3.29. The van der Waals surface area contributed by atoms with Crippen LogP contribution in [0.3, 0.4) is 0 Å². The van der Waals surface area contributed by atoms with Crippen molar-refractivity contribution in [2.75, 3.05) is 0 Å². The molecule has 0 atom stereocenters. The standard InChI is InChI=1S/C13H11ClFN3O3/c14-8-5-9(15)12(6-11(8)18(20)21)17-13(19)7-3-1-2-4-10(7)16-17/h5-6,16H,1-4H2. The van der Waals surface area contributed by atoms with E-state index < -0.39 is 16.4 Å².